The molecule has 1 aliphatic carbocycles. The molecule has 0 atom stereocenters. The average molecular weight is 291 g/mol. The lowest BCUT2D eigenvalue weighted by Crippen LogP contribution is -2.18. The summed E-state index contributed by atoms with van der Waals surface area (Å²) in [5.74, 6) is 0.638. The van der Waals surface area contributed by atoms with Gasteiger partial charge in [-0.05, 0) is 42.9 Å². The fourth-order valence-corrected chi connectivity index (χ4v) is 2.19. The number of carbonyl (C=O) groups is 1. The van der Waals surface area contributed by atoms with Gasteiger partial charge in [0.1, 0.15) is 0 Å². The molecule has 0 heterocycles. The predicted octanol–water partition coefficient (Wildman–Crippen LogP) is 2.31. The monoisotopic (exact) mass is 291 g/mol. The topological polar surface area (TPSA) is 47.6 Å². The molecule has 0 amide bonds. The molecule has 21 heavy (non-hydrogen) atoms. The van der Waals surface area contributed by atoms with E-state index in [0.29, 0.717) is 6.42 Å². The molecule has 0 unspecified atom stereocenters. The van der Waals surface area contributed by atoms with Crippen molar-refractivity contribution in [2.24, 2.45) is 5.92 Å². The lowest BCUT2D eigenvalue weighted by Gasteiger charge is -2.10. The first kappa shape index (κ1) is 16.0. The van der Waals surface area contributed by atoms with Crippen LogP contribution in [-0.2, 0) is 27.2 Å². The van der Waals surface area contributed by atoms with E-state index in [9.17, 15) is 4.79 Å². The maximum atomic E-state index is 11.4. The van der Waals surface area contributed by atoms with Crippen molar-refractivity contribution in [1.29, 1.82) is 0 Å². The third-order valence-electron chi connectivity index (χ3n) is 3.69. The van der Waals surface area contributed by atoms with Crippen LogP contribution in [0.5, 0.6) is 0 Å². The first-order chi connectivity index (χ1) is 10.3. The van der Waals surface area contributed by atoms with Crippen molar-refractivity contribution in [3.63, 3.8) is 0 Å². The van der Waals surface area contributed by atoms with Gasteiger partial charge in [0, 0.05) is 19.8 Å². The largest absolute Gasteiger partial charge is 0.469 e. The fraction of sp³-hybridized carbons (Fsp3) is 0.588. The molecule has 2 rings (SSSR count). The van der Waals surface area contributed by atoms with Gasteiger partial charge in [-0.3, -0.25) is 4.79 Å². The van der Waals surface area contributed by atoms with Gasteiger partial charge in [-0.2, -0.15) is 0 Å². The standard InChI is InChI=1S/C17H25NO3/c1-20-17(19)11-15-5-2-3-6-16(15)12-18-9-4-10-21-13-14-7-8-14/h2-3,5-6,14,18H,4,7-13H2,1H3. The van der Waals surface area contributed by atoms with Crippen LogP contribution in [0.1, 0.15) is 30.4 Å². The van der Waals surface area contributed by atoms with E-state index in [4.69, 9.17) is 9.47 Å². The number of carbonyl (C=O) groups excluding carboxylic acids is 1. The Kier molecular flexibility index (Phi) is 6.70. The Labute approximate surface area is 126 Å². The minimum atomic E-state index is -0.198. The van der Waals surface area contributed by atoms with Gasteiger partial charge < -0.3 is 14.8 Å². The highest BCUT2D eigenvalue weighted by molar-refractivity contribution is 5.72. The van der Waals surface area contributed by atoms with E-state index in [2.05, 4.69) is 11.4 Å². The van der Waals surface area contributed by atoms with Crippen LogP contribution in [0, 0.1) is 5.92 Å². The lowest BCUT2D eigenvalue weighted by molar-refractivity contribution is -0.139. The summed E-state index contributed by atoms with van der Waals surface area (Å²) in [4.78, 5) is 11.4. The van der Waals surface area contributed by atoms with Gasteiger partial charge in [0.15, 0.2) is 0 Å². The second kappa shape index (κ2) is 8.80. The van der Waals surface area contributed by atoms with E-state index in [0.717, 1.165) is 49.8 Å². The average Bonchev–Trinajstić information content (AvgIpc) is 3.32. The van der Waals surface area contributed by atoms with Crippen LogP contribution < -0.4 is 5.32 Å². The fourth-order valence-electron chi connectivity index (χ4n) is 2.19. The van der Waals surface area contributed by atoms with Gasteiger partial charge in [-0.1, -0.05) is 24.3 Å². The molecule has 1 N–H and O–H groups in total. The van der Waals surface area contributed by atoms with Gasteiger partial charge in [-0.15, -0.1) is 0 Å². The van der Waals surface area contributed by atoms with E-state index >= 15 is 0 Å². The number of nitrogens with one attached hydrogen (secondary N) is 1. The third kappa shape index (κ3) is 6.27. The van der Waals surface area contributed by atoms with Gasteiger partial charge in [0.2, 0.25) is 0 Å². The minimum Gasteiger partial charge on any atom is -0.469 e. The summed E-state index contributed by atoms with van der Waals surface area (Å²) >= 11 is 0. The summed E-state index contributed by atoms with van der Waals surface area (Å²) in [6.45, 7) is 3.46. The molecule has 0 spiro atoms. The number of hydrogen-bond donors (Lipinski definition) is 1. The first-order valence-electron chi connectivity index (χ1n) is 7.71. The Balaban J connectivity index is 1.63. The van der Waals surface area contributed by atoms with Crippen molar-refractivity contribution >= 4 is 5.97 Å². The predicted molar refractivity (Wildman–Crippen MR) is 82.0 cm³/mol. The maximum absolute atomic E-state index is 11.4. The third-order valence-corrected chi connectivity index (χ3v) is 3.69. The van der Waals surface area contributed by atoms with Crippen molar-refractivity contribution in [1.82, 2.24) is 5.32 Å². The second-order valence-electron chi connectivity index (χ2n) is 5.57. The van der Waals surface area contributed by atoms with Crippen molar-refractivity contribution < 1.29 is 14.3 Å². The molecular formula is C17H25NO3. The molecule has 4 nitrogen and oxygen atoms in total. The maximum Gasteiger partial charge on any atom is 0.309 e. The summed E-state index contributed by atoms with van der Waals surface area (Å²) in [5.41, 5.74) is 2.18. The van der Waals surface area contributed by atoms with E-state index in [1.165, 1.54) is 20.0 Å². The van der Waals surface area contributed by atoms with Crippen molar-refractivity contribution in [2.75, 3.05) is 26.9 Å². The Morgan fingerprint density at radius 3 is 2.76 bits per heavy atom. The summed E-state index contributed by atoms with van der Waals surface area (Å²) < 4.78 is 10.3. The number of rotatable bonds is 10. The molecular weight excluding hydrogens is 266 g/mol. The van der Waals surface area contributed by atoms with Crippen LogP contribution in [0.3, 0.4) is 0 Å². The zero-order valence-electron chi connectivity index (χ0n) is 12.8. The molecule has 4 heteroatoms. The van der Waals surface area contributed by atoms with Crippen LogP contribution in [0.2, 0.25) is 0 Å². The molecule has 0 aliphatic heterocycles. The van der Waals surface area contributed by atoms with Crippen LogP contribution in [0.15, 0.2) is 24.3 Å². The summed E-state index contributed by atoms with van der Waals surface area (Å²) in [6.07, 6.45) is 4.04. The molecule has 0 saturated heterocycles. The van der Waals surface area contributed by atoms with Crippen LogP contribution in [0.4, 0.5) is 0 Å². The molecule has 1 aliphatic rings. The smallest absolute Gasteiger partial charge is 0.309 e. The Morgan fingerprint density at radius 1 is 1.29 bits per heavy atom. The highest BCUT2D eigenvalue weighted by Gasteiger charge is 2.20. The summed E-state index contributed by atoms with van der Waals surface area (Å²) in [5, 5.41) is 3.40. The molecule has 116 valence electrons. The minimum absolute atomic E-state index is 0.198. The van der Waals surface area contributed by atoms with Crippen LogP contribution in [-0.4, -0.2) is 32.8 Å². The molecule has 1 aromatic rings. The van der Waals surface area contributed by atoms with Gasteiger partial charge in [-0.25, -0.2) is 0 Å². The Hall–Kier alpha value is -1.39. The molecule has 0 bridgehead atoms. The second-order valence-corrected chi connectivity index (χ2v) is 5.57. The van der Waals surface area contributed by atoms with Gasteiger partial charge in [0.25, 0.3) is 0 Å². The lowest BCUT2D eigenvalue weighted by atomic mass is 10.0. The van der Waals surface area contributed by atoms with Gasteiger partial charge >= 0.3 is 5.97 Å². The van der Waals surface area contributed by atoms with E-state index in [1.807, 2.05) is 18.2 Å². The summed E-state index contributed by atoms with van der Waals surface area (Å²) in [7, 11) is 1.42. The molecule has 1 fully saturated rings. The zero-order valence-corrected chi connectivity index (χ0v) is 12.8. The number of ether oxygens (including phenoxy) is 2. The van der Waals surface area contributed by atoms with Crippen molar-refractivity contribution in [3.05, 3.63) is 35.4 Å². The quantitative estimate of drug-likeness (QED) is 0.531. The molecule has 0 radical (unpaired) electrons. The van der Waals surface area contributed by atoms with Crippen LogP contribution in [0.25, 0.3) is 0 Å². The number of esters is 1. The molecule has 1 saturated carbocycles. The van der Waals surface area contributed by atoms with E-state index in [-0.39, 0.29) is 5.97 Å². The van der Waals surface area contributed by atoms with E-state index < -0.39 is 0 Å². The zero-order chi connectivity index (χ0) is 14.9. The number of benzene rings is 1. The normalized spacial score (nSPS) is 14.1. The number of methoxy groups -OCH3 is 1. The molecule has 0 aromatic heterocycles. The number of hydrogen-bond acceptors (Lipinski definition) is 4. The first-order valence-corrected chi connectivity index (χ1v) is 7.71. The molecule has 1 aromatic carbocycles. The SMILES string of the molecule is COC(=O)Cc1ccccc1CNCCCOCC1CC1. The van der Waals surface area contributed by atoms with Crippen molar-refractivity contribution in [3.8, 4) is 0 Å². The highest BCUT2D eigenvalue weighted by atomic mass is 16.5. The van der Waals surface area contributed by atoms with Crippen LogP contribution >= 0.6 is 0 Å². The summed E-state index contributed by atoms with van der Waals surface area (Å²) in [6, 6.07) is 7.98. The Morgan fingerprint density at radius 2 is 2.05 bits per heavy atom. The Bertz CT molecular complexity index is 443. The van der Waals surface area contributed by atoms with E-state index in [1.54, 1.807) is 0 Å². The van der Waals surface area contributed by atoms with Crippen molar-refractivity contribution in [2.45, 2.75) is 32.2 Å². The highest BCUT2D eigenvalue weighted by Crippen LogP contribution is 2.28. The van der Waals surface area contributed by atoms with Gasteiger partial charge in [0.05, 0.1) is 13.5 Å².